The van der Waals surface area contributed by atoms with Gasteiger partial charge in [-0.3, -0.25) is 9.59 Å². The largest absolute Gasteiger partial charge is 0.353 e. The van der Waals surface area contributed by atoms with Crippen molar-refractivity contribution in [2.75, 3.05) is 44.7 Å². The van der Waals surface area contributed by atoms with Crippen LogP contribution in [0, 0.1) is 5.92 Å². The van der Waals surface area contributed by atoms with Crippen molar-refractivity contribution in [3.63, 3.8) is 0 Å². The molecule has 0 unspecified atom stereocenters. The summed E-state index contributed by atoms with van der Waals surface area (Å²) in [6.07, 6.45) is 5.05. The molecule has 130 valence electrons. The normalized spacial score (nSPS) is 22.5. The standard InChI is InChI=1S/C18H26N4O2/c1-20-9-5-3-6-15(18(20)24)14-17(23)22-12-10-21(11-13-22)16-7-2-4-8-19-16/h2,4,7-8,15H,3,5-6,9-14H2,1H3/t15-/m1/s1. The molecule has 1 atom stereocenters. The maximum atomic E-state index is 12.6. The Morgan fingerprint density at radius 2 is 1.96 bits per heavy atom. The van der Waals surface area contributed by atoms with Crippen LogP contribution in [0.4, 0.5) is 5.82 Å². The molecule has 0 spiro atoms. The van der Waals surface area contributed by atoms with E-state index in [9.17, 15) is 9.59 Å². The maximum Gasteiger partial charge on any atom is 0.225 e. The highest BCUT2D eigenvalue weighted by atomic mass is 16.2. The molecule has 2 aliphatic rings. The summed E-state index contributed by atoms with van der Waals surface area (Å²) in [5.74, 6) is 1.07. The monoisotopic (exact) mass is 330 g/mol. The molecule has 0 radical (unpaired) electrons. The van der Waals surface area contributed by atoms with E-state index in [1.165, 1.54) is 0 Å². The number of carbonyl (C=O) groups is 2. The van der Waals surface area contributed by atoms with Gasteiger partial charge in [-0.05, 0) is 25.0 Å². The second kappa shape index (κ2) is 7.64. The Morgan fingerprint density at radius 3 is 2.67 bits per heavy atom. The minimum atomic E-state index is -0.140. The molecule has 0 saturated carbocycles. The van der Waals surface area contributed by atoms with Gasteiger partial charge in [0.2, 0.25) is 11.8 Å². The van der Waals surface area contributed by atoms with Crippen LogP contribution in [0.25, 0.3) is 0 Å². The van der Waals surface area contributed by atoms with Crippen LogP contribution in [0.2, 0.25) is 0 Å². The van der Waals surface area contributed by atoms with Crippen LogP contribution in [0.1, 0.15) is 25.7 Å². The summed E-state index contributed by atoms with van der Waals surface area (Å²) in [6.45, 7) is 3.80. The van der Waals surface area contributed by atoms with Crippen molar-refractivity contribution in [1.29, 1.82) is 0 Å². The second-order valence-electron chi connectivity index (χ2n) is 6.71. The summed E-state index contributed by atoms with van der Waals surface area (Å²) in [6, 6.07) is 5.88. The molecular weight excluding hydrogens is 304 g/mol. The average Bonchev–Trinajstić information content (AvgIpc) is 2.78. The fraction of sp³-hybridized carbons (Fsp3) is 0.611. The number of carbonyl (C=O) groups excluding carboxylic acids is 2. The summed E-state index contributed by atoms with van der Waals surface area (Å²) < 4.78 is 0. The Kier molecular flexibility index (Phi) is 5.33. The first-order valence-electron chi connectivity index (χ1n) is 8.84. The lowest BCUT2D eigenvalue weighted by molar-refractivity contribution is -0.140. The van der Waals surface area contributed by atoms with Gasteiger partial charge < -0.3 is 14.7 Å². The Labute approximate surface area is 143 Å². The topological polar surface area (TPSA) is 56.8 Å². The van der Waals surface area contributed by atoms with E-state index in [2.05, 4.69) is 9.88 Å². The van der Waals surface area contributed by atoms with E-state index in [1.54, 1.807) is 11.1 Å². The van der Waals surface area contributed by atoms with Crippen molar-refractivity contribution >= 4 is 17.6 Å². The molecule has 3 rings (SSSR count). The number of anilines is 1. The van der Waals surface area contributed by atoms with Gasteiger partial charge >= 0.3 is 0 Å². The highest BCUT2D eigenvalue weighted by Crippen LogP contribution is 2.22. The van der Waals surface area contributed by atoms with Crippen LogP contribution < -0.4 is 4.90 Å². The zero-order valence-corrected chi connectivity index (χ0v) is 14.4. The van der Waals surface area contributed by atoms with E-state index in [4.69, 9.17) is 0 Å². The molecule has 0 N–H and O–H groups in total. The Hall–Kier alpha value is -2.11. The number of aromatic nitrogens is 1. The SMILES string of the molecule is CN1CCCC[C@H](CC(=O)N2CCN(c3ccccn3)CC2)C1=O. The van der Waals surface area contributed by atoms with Gasteiger partial charge in [0.25, 0.3) is 0 Å². The van der Waals surface area contributed by atoms with Gasteiger partial charge in [0, 0.05) is 58.3 Å². The summed E-state index contributed by atoms with van der Waals surface area (Å²) in [5.41, 5.74) is 0. The maximum absolute atomic E-state index is 12.6. The van der Waals surface area contributed by atoms with E-state index in [0.717, 1.165) is 44.7 Å². The molecule has 1 aromatic heterocycles. The predicted molar refractivity (Wildman–Crippen MR) is 92.6 cm³/mol. The fourth-order valence-electron chi connectivity index (χ4n) is 3.54. The quantitative estimate of drug-likeness (QED) is 0.840. The van der Waals surface area contributed by atoms with Crippen LogP contribution in [0.15, 0.2) is 24.4 Å². The van der Waals surface area contributed by atoms with Crippen molar-refractivity contribution in [3.8, 4) is 0 Å². The lowest BCUT2D eigenvalue weighted by atomic mass is 9.98. The first-order chi connectivity index (χ1) is 11.6. The van der Waals surface area contributed by atoms with Gasteiger partial charge in [-0.1, -0.05) is 12.5 Å². The predicted octanol–water partition coefficient (Wildman–Crippen LogP) is 1.38. The molecule has 2 aliphatic heterocycles. The molecule has 0 aromatic carbocycles. The smallest absolute Gasteiger partial charge is 0.225 e. The number of piperazine rings is 1. The molecule has 2 fully saturated rings. The Bertz CT molecular complexity index is 570. The summed E-state index contributed by atoms with van der Waals surface area (Å²) in [4.78, 5) is 35.2. The number of nitrogens with zero attached hydrogens (tertiary/aromatic N) is 4. The minimum Gasteiger partial charge on any atom is -0.353 e. The molecule has 0 aliphatic carbocycles. The number of amides is 2. The minimum absolute atomic E-state index is 0.115. The molecule has 3 heterocycles. The second-order valence-corrected chi connectivity index (χ2v) is 6.71. The molecule has 2 saturated heterocycles. The molecule has 0 bridgehead atoms. The van der Waals surface area contributed by atoms with Gasteiger partial charge in [0.05, 0.1) is 0 Å². The average molecular weight is 330 g/mol. The number of likely N-dealkylation sites (tertiary alicyclic amines) is 1. The number of rotatable bonds is 3. The van der Waals surface area contributed by atoms with Crippen LogP contribution >= 0.6 is 0 Å². The summed E-state index contributed by atoms with van der Waals surface area (Å²) in [5, 5.41) is 0. The van der Waals surface area contributed by atoms with Crippen LogP contribution in [0.5, 0.6) is 0 Å². The highest BCUT2D eigenvalue weighted by Gasteiger charge is 2.30. The van der Waals surface area contributed by atoms with E-state index in [0.29, 0.717) is 19.5 Å². The molecule has 6 heteroatoms. The van der Waals surface area contributed by atoms with Crippen molar-refractivity contribution in [2.45, 2.75) is 25.7 Å². The third-order valence-electron chi connectivity index (χ3n) is 5.05. The first-order valence-corrected chi connectivity index (χ1v) is 8.84. The third kappa shape index (κ3) is 3.86. The van der Waals surface area contributed by atoms with Crippen LogP contribution in [-0.2, 0) is 9.59 Å². The van der Waals surface area contributed by atoms with Crippen LogP contribution in [-0.4, -0.2) is 66.4 Å². The van der Waals surface area contributed by atoms with E-state index >= 15 is 0 Å². The van der Waals surface area contributed by atoms with Crippen molar-refractivity contribution in [3.05, 3.63) is 24.4 Å². The third-order valence-corrected chi connectivity index (χ3v) is 5.05. The molecular formula is C18H26N4O2. The number of hydrogen-bond donors (Lipinski definition) is 0. The van der Waals surface area contributed by atoms with Gasteiger partial charge in [0.15, 0.2) is 0 Å². The van der Waals surface area contributed by atoms with E-state index in [-0.39, 0.29) is 17.7 Å². The number of pyridine rings is 1. The molecule has 24 heavy (non-hydrogen) atoms. The van der Waals surface area contributed by atoms with Gasteiger partial charge in [0.1, 0.15) is 5.82 Å². The Morgan fingerprint density at radius 1 is 1.17 bits per heavy atom. The Balaban J connectivity index is 1.52. The summed E-state index contributed by atoms with van der Waals surface area (Å²) >= 11 is 0. The fourth-order valence-corrected chi connectivity index (χ4v) is 3.54. The van der Waals surface area contributed by atoms with Crippen molar-refractivity contribution < 1.29 is 9.59 Å². The number of hydrogen-bond acceptors (Lipinski definition) is 4. The summed E-state index contributed by atoms with van der Waals surface area (Å²) in [7, 11) is 1.84. The molecule has 6 nitrogen and oxygen atoms in total. The van der Waals surface area contributed by atoms with Crippen LogP contribution in [0.3, 0.4) is 0 Å². The van der Waals surface area contributed by atoms with Gasteiger partial charge in [-0.15, -0.1) is 0 Å². The zero-order valence-electron chi connectivity index (χ0n) is 14.4. The molecule has 2 amide bonds. The highest BCUT2D eigenvalue weighted by molar-refractivity contribution is 5.86. The van der Waals surface area contributed by atoms with E-state index < -0.39 is 0 Å². The molecule has 1 aromatic rings. The van der Waals surface area contributed by atoms with E-state index in [1.807, 2.05) is 30.1 Å². The van der Waals surface area contributed by atoms with Crippen molar-refractivity contribution in [1.82, 2.24) is 14.8 Å². The van der Waals surface area contributed by atoms with Crippen molar-refractivity contribution in [2.24, 2.45) is 5.92 Å². The lowest BCUT2D eigenvalue weighted by Gasteiger charge is -2.36. The van der Waals surface area contributed by atoms with Gasteiger partial charge in [-0.25, -0.2) is 4.98 Å². The zero-order chi connectivity index (χ0) is 16.9. The lowest BCUT2D eigenvalue weighted by Crippen LogP contribution is -2.49. The first kappa shape index (κ1) is 16.7. The van der Waals surface area contributed by atoms with Gasteiger partial charge in [-0.2, -0.15) is 0 Å².